The zero-order chi connectivity index (χ0) is 61.5. The molecule has 0 aliphatic carbocycles. The van der Waals surface area contributed by atoms with E-state index in [0.29, 0.717) is 62.9 Å². The van der Waals surface area contributed by atoms with E-state index in [0.717, 1.165) is 12.0 Å². The number of carbonyl (C=O) groups excluding carboxylic acids is 9. The molecule has 1 aromatic carbocycles. The summed E-state index contributed by atoms with van der Waals surface area (Å²) in [6.07, 6.45) is 9.54. The number of halogens is 1. The Balaban J connectivity index is 1.04. The minimum atomic E-state index is -1.04. The zero-order valence-electron chi connectivity index (χ0n) is 49.5. The Bertz CT molecular complexity index is 2500. The summed E-state index contributed by atoms with van der Waals surface area (Å²) < 4.78 is 29.1. The molecular formula is C59H88BrN9O15. The third-order valence-corrected chi connectivity index (χ3v) is 15.7. The number of ether oxygens (including phenoxy) is 5. The highest BCUT2D eigenvalue weighted by atomic mass is 79.9. The van der Waals surface area contributed by atoms with Gasteiger partial charge in [0.15, 0.2) is 0 Å². The number of rotatable bonds is 29. The zero-order valence-corrected chi connectivity index (χ0v) is 51.1. The number of anilines is 1. The molecule has 9 N–H and O–H groups in total. The number of nitrogens with one attached hydrogen (secondary N) is 6. The number of esters is 1. The third kappa shape index (κ3) is 22.9. The van der Waals surface area contributed by atoms with Crippen LogP contribution in [0.5, 0.6) is 0 Å². The van der Waals surface area contributed by atoms with Crippen molar-refractivity contribution in [1.29, 1.82) is 0 Å². The Labute approximate surface area is 501 Å². The molecule has 24 nitrogen and oxygen atoms in total. The standard InChI is InChI=1S/C59H88BrN9O15/c1-36(2)53(67-49(71)13-9-8-10-24-62-51(73)33-60)56(77)66-45(12-11-25-63-57(61)78)55(76)64-43-19-17-42(18-20-43)34-80-58(79)69-28-26-68(27-29-69)52(74)31-44-32-59(35-81-59)54(75)48(84-44)22-15-37(3)14-21-47-38(4)30-46(40(6)83-47)65-50(72)23-16-39(5)82-41(7)70/h14-20,22-23,36,38-40,44-48,53-54,75H,8-13,21,24-35H2,1-7H3,(H,62,73)(H,64,76)(H,65,72)(H,66,77)(H,67,71)(H3,61,63,78)/b22-15+,23-16-,37-14+/t38-,39-,40+,44+,45-,46+,47-,48+,53-,54+,59+/m0/s1. The number of hydrogen-bond acceptors (Lipinski definition) is 15. The number of allylic oxidation sites excluding steroid dienone is 2. The molecule has 0 unspecified atom stereocenters. The summed E-state index contributed by atoms with van der Waals surface area (Å²) in [7, 11) is 0. The third-order valence-electron chi connectivity index (χ3n) is 15.2. The van der Waals surface area contributed by atoms with E-state index in [1.165, 1.54) is 24.0 Å². The maximum absolute atomic E-state index is 13.7. The number of alkyl halides is 1. The van der Waals surface area contributed by atoms with Crippen molar-refractivity contribution in [2.45, 2.75) is 180 Å². The minimum absolute atomic E-state index is 0.0627. The molecule has 4 saturated heterocycles. The normalized spacial score (nSPS) is 24.4. The molecule has 0 radical (unpaired) electrons. The average molecular weight is 1240 g/mol. The monoisotopic (exact) mass is 1240 g/mol. The Morgan fingerprint density at radius 3 is 2.21 bits per heavy atom. The predicted octanol–water partition coefficient (Wildman–Crippen LogP) is 3.93. The number of urea groups is 1. The second kappa shape index (κ2) is 33.9. The summed E-state index contributed by atoms with van der Waals surface area (Å²) in [6.45, 7) is 14.6. The summed E-state index contributed by atoms with van der Waals surface area (Å²) >= 11 is 3.10. The smallest absolute Gasteiger partial charge is 0.410 e. The van der Waals surface area contributed by atoms with Gasteiger partial charge in [-0.1, -0.05) is 79.1 Å². The van der Waals surface area contributed by atoms with Gasteiger partial charge in [0.2, 0.25) is 35.4 Å². The van der Waals surface area contributed by atoms with Gasteiger partial charge in [0.25, 0.3) is 0 Å². The van der Waals surface area contributed by atoms with Crippen LogP contribution in [0.15, 0.2) is 60.2 Å². The molecule has 1 aromatic rings. The van der Waals surface area contributed by atoms with Gasteiger partial charge in [-0.05, 0) is 94.9 Å². The first-order chi connectivity index (χ1) is 39.9. The van der Waals surface area contributed by atoms with Crippen LogP contribution in [0.2, 0.25) is 0 Å². The van der Waals surface area contributed by atoms with Crippen molar-refractivity contribution in [3.05, 3.63) is 65.8 Å². The van der Waals surface area contributed by atoms with Crippen LogP contribution < -0.4 is 37.6 Å². The van der Waals surface area contributed by atoms with E-state index in [4.69, 9.17) is 29.4 Å². The van der Waals surface area contributed by atoms with Crippen molar-refractivity contribution in [1.82, 2.24) is 36.4 Å². The number of benzene rings is 1. The molecule has 5 rings (SSSR count). The molecular weight excluding hydrogens is 1150 g/mol. The van der Waals surface area contributed by atoms with E-state index >= 15 is 0 Å². The van der Waals surface area contributed by atoms with E-state index in [1.54, 1.807) is 56.0 Å². The maximum Gasteiger partial charge on any atom is 0.410 e. The summed E-state index contributed by atoms with van der Waals surface area (Å²) in [5.74, 6) is -2.52. The Kier molecular flexibility index (Phi) is 27.6. The molecule has 25 heteroatoms. The minimum Gasteiger partial charge on any atom is -0.459 e. The lowest BCUT2D eigenvalue weighted by atomic mass is 9.87. The first-order valence-corrected chi connectivity index (χ1v) is 30.3. The van der Waals surface area contributed by atoms with Crippen LogP contribution in [0.1, 0.15) is 118 Å². The largest absolute Gasteiger partial charge is 0.459 e. The average Bonchev–Trinajstić information content (AvgIpc) is 2.67. The molecule has 9 amide bonds. The number of primary amides is 1. The highest BCUT2D eigenvalue weighted by Gasteiger charge is 2.58. The van der Waals surface area contributed by atoms with Gasteiger partial charge in [0.05, 0.1) is 42.7 Å². The Morgan fingerprint density at radius 2 is 1.56 bits per heavy atom. The van der Waals surface area contributed by atoms with E-state index in [2.05, 4.69) is 60.8 Å². The van der Waals surface area contributed by atoms with Gasteiger partial charge in [-0.3, -0.25) is 33.6 Å². The topological polar surface area (TPSA) is 328 Å². The van der Waals surface area contributed by atoms with Crippen molar-refractivity contribution >= 4 is 75.2 Å². The summed E-state index contributed by atoms with van der Waals surface area (Å²) in [5, 5.41) is 28.1. The fourth-order valence-electron chi connectivity index (χ4n) is 10.2. The number of amides is 9. The fourth-order valence-corrected chi connectivity index (χ4v) is 10.4. The van der Waals surface area contributed by atoms with Crippen molar-refractivity contribution in [3.63, 3.8) is 0 Å². The van der Waals surface area contributed by atoms with Gasteiger partial charge >= 0.3 is 18.1 Å². The molecule has 4 fully saturated rings. The van der Waals surface area contributed by atoms with Crippen LogP contribution in [0, 0.1) is 11.8 Å². The Morgan fingerprint density at radius 1 is 0.869 bits per heavy atom. The van der Waals surface area contributed by atoms with Gasteiger partial charge in [-0.15, -0.1) is 0 Å². The SMILES string of the molecule is CC(=O)O[C@@H](C)/C=C\C(=O)N[C@@H]1C[C@H](C)[C@H](C/C=C(C)/C=C/[C@H]2O[C@H](CC(=O)N3CCN(C(=O)OCc4ccc(NC(=O)[C@H](CCCNC(N)=O)NC(=O)[C@@H](NC(=O)CCCCCNC(=O)CBr)C(C)C)cc4)CC3)C[C@@]3(CO3)[C@@H]2O)O[C@@H]1C. The molecule has 0 bridgehead atoms. The fraction of sp³-hybridized carbons (Fsp3) is 0.644. The number of unbranched alkanes of at least 4 members (excludes halogenated alkanes) is 2. The van der Waals surface area contributed by atoms with E-state index in [9.17, 15) is 48.3 Å². The van der Waals surface area contributed by atoms with Crippen molar-refractivity contribution in [2.24, 2.45) is 17.6 Å². The first kappa shape index (κ1) is 68.4. The quantitative estimate of drug-likeness (QED) is 0.0141. The predicted molar refractivity (Wildman–Crippen MR) is 315 cm³/mol. The van der Waals surface area contributed by atoms with Crippen LogP contribution in [0.25, 0.3) is 0 Å². The second-order valence-electron chi connectivity index (χ2n) is 22.5. The van der Waals surface area contributed by atoms with E-state index in [1.807, 2.05) is 19.9 Å². The van der Waals surface area contributed by atoms with E-state index in [-0.39, 0.29) is 118 Å². The van der Waals surface area contributed by atoms with Gasteiger partial charge in [-0.25, -0.2) is 9.59 Å². The van der Waals surface area contributed by atoms with Gasteiger partial charge in [0, 0.05) is 70.8 Å². The lowest BCUT2D eigenvalue weighted by molar-refractivity contribution is -0.152. The molecule has 4 aliphatic rings. The van der Waals surface area contributed by atoms with Crippen LogP contribution in [0.4, 0.5) is 15.3 Å². The Hall–Kier alpha value is -6.41. The molecule has 84 heavy (non-hydrogen) atoms. The van der Waals surface area contributed by atoms with E-state index < -0.39 is 72.0 Å². The highest BCUT2D eigenvalue weighted by molar-refractivity contribution is 9.09. The molecule has 4 aliphatic heterocycles. The van der Waals surface area contributed by atoms with Crippen LogP contribution in [-0.2, 0) is 63.9 Å². The number of hydrogen-bond donors (Lipinski definition) is 8. The highest BCUT2D eigenvalue weighted by Crippen LogP contribution is 2.43. The summed E-state index contributed by atoms with van der Waals surface area (Å²) in [6, 6.07) is 3.75. The maximum atomic E-state index is 13.7. The summed E-state index contributed by atoms with van der Waals surface area (Å²) in [4.78, 5) is 117. The molecule has 11 atom stereocenters. The molecule has 0 saturated carbocycles. The number of nitrogens with two attached hydrogens (primary N) is 1. The number of aliphatic hydroxyl groups excluding tert-OH is 1. The van der Waals surface area contributed by atoms with Gasteiger partial charge in [-0.2, -0.15) is 0 Å². The number of aliphatic hydroxyl groups is 1. The van der Waals surface area contributed by atoms with Gasteiger partial charge in [0.1, 0.15) is 42.6 Å². The van der Waals surface area contributed by atoms with Crippen molar-refractivity contribution in [2.75, 3.05) is 56.5 Å². The summed E-state index contributed by atoms with van der Waals surface area (Å²) in [5.41, 5.74) is 6.41. The van der Waals surface area contributed by atoms with Crippen LogP contribution >= 0.6 is 15.9 Å². The first-order valence-electron chi connectivity index (χ1n) is 29.1. The lowest BCUT2D eigenvalue weighted by Gasteiger charge is -2.39. The molecule has 4 heterocycles. The van der Waals surface area contributed by atoms with Crippen molar-refractivity contribution < 1.29 is 71.9 Å². The molecule has 1 spiro atoms. The molecule has 0 aromatic heterocycles. The second-order valence-corrected chi connectivity index (χ2v) is 23.1. The molecule has 466 valence electrons. The van der Waals surface area contributed by atoms with Crippen molar-refractivity contribution in [3.8, 4) is 0 Å². The number of piperazine rings is 1. The van der Waals surface area contributed by atoms with Crippen LogP contribution in [-0.4, -0.2) is 180 Å². The lowest BCUT2D eigenvalue weighted by Crippen LogP contribution is -2.54. The number of epoxide rings is 1. The van der Waals surface area contributed by atoms with Crippen LogP contribution in [0.3, 0.4) is 0 Å². The van der Waals surface area contributed by atoms with Gasteiger partial charge < -0.3 is 76.2 Å². The number of nitrogens with zero attached hydrogens (tertiary/aromatic N) is 2. The number of carbonyl (C=O) groups is 9.